The predicted molar refractivity (Wildman–Crippen MR) is 104 cm³/mol. The SMILES string of the molecule is Cc1nc(-c2ccccc2)ccc1C(=O)NCCNc1ncccc1C(F)(F)F. The van der Waals surface area contributed by atoms with Crippen molar-refractivity contribution in [3.05, 3.63) is 77.6 Å². The van der Waals surface area contributed by atoms with Crippen LogP contribution in [0.3, 0.4) is 0 Å². The van der Waals surface area contributed by atoms with Crippen LogP contribution in [0.15, 0.2) is 60.8 Å². The van der Waals surface area contributed by atoms with Crippen LogP contribution >= 0.6 is 0 Å². The maximum atomic E-state index is 13.0. The Morgan fingerprint density at radius 3 is 2.45 bits per heavy atom. The number of nitrogens with zero attached hydrogens (tertiary/aromatic N) is 2. The van der Waals surface area contributed by atoms with Gasteiger partial charge in [-0.1, -0.05) is 30.3 Å². The number of aryl methyl sites for hydroxylation is 1. The maximum Gasteiger partial charge on any atom is 0.419 e. The first-order valence-corrected chi connectivity index (χ1v) is 8.93. The first-order valence-electron chi connectivity index (χ1n) is 8.93. The zero-order valence-electron chi connectivity index (χ0n) is 15.6. The Morgan fingerprint density at radius 1 is 1.00 bits per heavy atom. The van der Waals surface area contributed by atoms with Crippen LogP contribution in [-0.2, 0) is 6.18 Å². The Labute approximate surface area is 166 Å². The van der Waals surface area contributed by atoms with Crippen molar-refractivity contribution in [2.45, 2.75) is 13.1 Å². The molecular formula is C21H19F3N4O. The summed E-state index contributed by atoms with van der Waals surface area (Å²) >= 11 is 0. The molecule has 8 heteroatoms. The lowest BCUT2D eigenvalue weighted by molar-refractivity contribution is -0.137. The van der Waals surface area contributed by atoms with Gasteiger partial charge < -0.3 is 10.6 Å². The topological polar surface area (TPSA) is 66.9 Å². The third kappa shape index (κ3) is 5.10. The van der Waals surface area contributed by atoms with Crippen molar-refractivity contribution < 1.29 is 18.0 Å². The summed E-state index contributed by atoms with van der Waals surface area (Å²) in [5, 5.41) is 5.29. The van der Waals surface area contributed by atoms with E-state index < -0.39 is 11.7 Å². The molecule has 0 aliphatic rings. The number of alkyl halides is 3. The summed E-state index contributed by atoms with van der Waals surface area (Å²) in [4.78, 5) is 20.6. The molecule has 0 fully saturated rings. The molecule has 2 N–H and O–H groups in total. The predicted octanol–water partition coefficient (Wildman–Crippen LogP) is 4.31. The number of benzene rings is 1. The normalized spacial score (nSPS) is 11.2. The maximum absolute atomic E-state index is 13.0. The lowest BCUT2D eigenvalue weighted by Crippen LogP contribution is -2.30. The van der Waals surface area contributed by atoms with E-state index in [1.165, 1.54) is 12.3 Å². The Kier molecular flexibility index (Phi) is 6.11. The summed E-state index contributed by atoms with van der Waals surface area (Å²) in [7, 11) is 0. The number of aromatic nitrogens is 2. The van der Waals surface area contributed by atoms with Gasteiger partial charge in [-0.2, -0.15) is 13.2 Å². The highest BCUT2D eigenvalue weighted by Crippen LogP contribution is 2.33. The quantitative estimate of drug-likeness (QED) is 0.605. The van der Waals surface area contributed by atoms with Gasteiger partial charge in [0, 0.05) is 24.8 Å². The number of halogens is 3. The molecule has 0 aliphatic carbocycles. The first-order chi connectivity index (χ1) is 13.9. The van der Waals surface area contributed by atoms with E-state index in [0.717, 1.165) is 17.3 Å². The molecular weight excluding hydrogens is 381 g/mol. The van der Waals surface area contributed by atoms with E-state index in [-0.39, 0.29) is 24.8 Å². The largest absolute Gasteiger partial charge is 0.419 e. The van der Waals surface area contributed by atoms with Gasteiger partial charge in [-0.25, -0.2) is 4.98 Å². The summed E-state index contributed by atoms with van der Waals surface area (Å²) in [6, 6.07) is 15.2. The van der Waals surface area contributed by atoms with E-state index in [1.807, 2.05) is 30.3 Å². The van der Waals surface area contributed by atoms with Crippen LogP contribution in [0.5, 0.6) is 0 Å². The zero-order valence-corrected chi connectivity index (χ0v) is 15.6. The van der Waals surface area contributed by atoms with Gasteiger partial charge in [0.1, 0.15) is 5.82 Å². The van der Waals surface area contributed by atoms with Gasteiger partial charge in [0.05, 0.1) is 22.5 Å². The van der Waals surface area contributed by atoms with Crippen molar-refractivity contribution in [3.63, 3.8) is 0 Å². The number of nitrogens with one attached hydrogen (secondary N) is 2. The molecule has 0 bridgehead atoms. The molecule has 2 heterocycles. The molecule has 29 heavy (non-hydrogen) atoms. The summed E-state index contributed by atoms with van der Waals surface area (Å²) in [5.74, 6) is -0.604. The van der Waals surface area contributed by atoms with Gasteiger partial charge in [0.2, 0.25) is 0 Å². The Bertz CT molecular complexity index is 991. The molecule has 1 aromatic carbocycles. The summed E-state index contributed by atoms with van der Waals surface area (Å²) < 4.78 is 38.9. The van der Waals surface area contributed by atoms with E-state index in [1.54, 1.807) is 19.1 Å². The highest BCUT2D eigenvalue weighted by molar-refractivity contribution is 5.95. The molecule has 0 atom stereocenters. The van der Waals surface area contributed by atoms with Crippen LogP contribution in [0.25, 0.3) is 11.3 Å². The molecule has 0 radical (unpaired) electrons. The summed E-state index contributed by atoms with van der Waals surface area (Å²) in [6.45, 7) is 1.97. The number of hydrogen-bond donors (Lipinski definition) is 2. The summed E-state index contributed by atoms with van der Waals surface area (Å²) in [5.41, 5.74) is 1.85. The van der Waals surface area contributed by atoms with Crippen LogP contribution < -0.4 is 10.6 Å². The molecule has 1 amide bonds. The van der Waals surface area contributed by atoms with Crippen LogP contribution in [0, 0.1) is 6.92 Å². The monoisotopic (exact) mass is 400 g/mol. The van der Waals surface area contributed by atoms with E-state index >= 15 is 0 Å². The van der Waals surface area contributed by atoms with E-state index in [4.69, 9.17) is 0 Å². The van der Waals surface area contributed by atoms with Gasteiger partial charge in [0.15, 0.2) is 0 Å². The number of carbonyl (C=O) groups excluding carboxylic acids is 1. The average molecular weight is 400 g/mol. The lowest BCUT2D eigenvalue weighted by atomic mass is 10.1. The summed E-state index contributed by atoms with van der Waals surface area (Å²) in [6.07, 6.45) is -3.22. The average Bonchev–Trinajstić information content (AvgIpc) is 2.71. The third-order valence-corrected chi connectivity index (χ3v) is 4.22. The molecule has 3 rings (SSSR count). The van der Waals surface area contributed by atoms with E-state index in [2.05, 4.69) is 20.6 Å². The standard InChI is InChI=1S/C21H19F3N4O/c1-14-16(9-10-18(28-14)15-6-3-2-4-7-15)20(29)27-13-12-26-19-17(21(22,23)24)8-5-11-25-19/h2-11H,12-13H2,1H3,(H,25,26)(H,27,29). The Balaban J connectivity index is 1.58. The van der Waals surface area contributed by atoms with Crippen molar-refractivity contribution in [3.8, 4) is 11.3 Å². The number of hydrogen-bond acceptors (Lipinski definition) is 4. The fraction of sp³-hybridized carbons (Fsp3) is 0.190. The van der Waals surface area contributed by atoms with Crippen molar-refractivity contribution in [1.82, 2.24) is 15.3 Å². The minimum atomic E-state index is -4.50. The molecule has 0 saturated heterocycles. The number of amides is 1. The second kappa shape index (κ2) is 8.72. The first kappa shape index (κ1) is 20.3. The van der Waals surface area contributed by atoms with Gasteiger partial charge in [0.25, 0.3) is 5.91 Å². The molecule has 5 nitrogen and oxygen atoms in total. The van der Waals surface area contributed by atoms with Crippen molar-refractivity contribution in [2.24, 2.45) is 0 Å². The van der Waals surface area contributed by atoms with Crippen LogP contribution in [0.2, 0.25) is 0 Å². The number of carbonyl (C=O) groups is 1. The number of rotatable bonds is 6. The minimum absolute atomic E-state index is 0.0976. The second-order valence-electron chi connectivity index (χ2n) is 6.28. The van der Waals surface area contributed by atoms with Gasteiger partial charge >= 0.3 is 6.18 Å². The van der Waals surface area contributed by atoms with Gasteiger partial charge in [-0.05, 0) is 31.2 Å². The minimum Gasteiger partial charge on any atom is -0.368 e. The fourth-order valence-electron chi connectivity index (χ4n) is 2.80. The fourth-order valence-corrected chi connectivity index (χ4v) is 2.80. The van der Waals surface area contributed by atoms with Gasteiger partial charge in [-0.3, -0.25) is 9.78 Å². The van der Waals surface area contributed by atoms with Crippen LogP contribution in [0.1, 0.15) is 21.6 Å². The lowest BCUT2D eigenvalue weighted by Gasteiger charge is -2.13. The van der Waals surface area contributed by atoms with E-state index in [0.29, 0.717) is 11.3 Å². The molecule has 150 valence electrons. The molecule has 0 spiro atoms. The third-order valence-electron chi connectivity index (χ3n) is 4.22. The Hall–Kier alpha value is -3.42. The second-order valence-corrected chi connectivity index (χ2v) is 6.28. The smallest absolute Gasteiger partial charge is 0.368 e. The number of anilines is 1. The zero-order chi connectivity index (χ0) is 20.9. The van der Waals surface area contributed by atoms with E-state index in [9.17, 15) is 18.0 Å². The van der Waals surface area contributed by atoms with Gasteiger partial charge in [-0.15, -0.1) is 0 Å². The van der Waals surface area contributed by atoms with Crippen molar-refractivity contribution in [1.29, 1.82) is 0 Å². The van der Waals surface area contributed by atoms with Crippen LogP contribution in [0.4, 0.5) is 19.0 Å². The van der Waals surface area contributed by atoms with Crippen molar-refractivity contribution >= 4 is 11.7 Å². The molecule has 0 unspecified atom stereocenters. The van der Waals surface area contributed by atoms with Crippen molar-refractivity contribution in [2.75, 3.05) is 18.4 Å². The van der Waals surface area contributed by atoms with Crippen LogP contribution in [-0.4, -0.2) is 29.0 Å². The molecule has 3 aromatic rings. The molecule has 0 saturated carbocycles. The molecule has 0 aliphatic heterocycles. The molecule has 2 aromatic heterocycles. The highest BCUT2D eigenvalue weighted by Gasteiger charge is 2.33. The Morgan fingerprint density at radius 2 is 1.76 bits per heavy atom. The highest BCUT2D eigenvalue weighted by atomic mass is 19.4. The number of pyridine rings is 2.